The molecule has 3 aliphatic carbocycles. The van der Waals surface area contributed by atoms with Gasteiger partial charge in [-0.2, -0.15) is 13.6 Å². The number of benzene rings is 1. The van der Waals surface area contributed by atoms with Gasteiger partial charge < -0.3 is 4.18 Å². The molecule has 1 aromatic rings. The fourth-order valence-electron chi connectivity index (χ4n) is 6.84. The Morgan fingerprint density at radius 2 is 2.04 bits per heavy atom. The number of rotatable bonds is 5. The van der Waals surface area contributed by atoms with Crippen LogP contribution in [-0.2, 0) is 23.1 Å². The lowest BCUT2D eigenvalue weighted by Gasteiger charge is -2.51. The third kappa shape index (κ3) is 3.36. The summed E-state index contributed by atoms with van der Waals surface area (Å²) in [6, 6.07) is 4.08. The summed E-state index contributed by atoms with van der Waals surface area (Å²) < 4.78 is 41.0. The molecule has 2 fully saturated rings. The summed E-state index contributed by atoms with van der Waals surface area (Å²) in [6.45, 7) is 4.22. The van der Waals surface area contributed by atoms with Crippen molar-refractivity contribution in [3.8, 4) is 5.75 Å². The van der Waals surface area contributed by atoms with Crippen LogP contribution in [0.1, 0.15) is 75.0 Å². The molecule has 2 saturated carbocycles. The van der Waals surface area contributed by atoms with E-state index in [2.05, 4.69) is 13.0 Å². The Bertz CT molecular complexity index is 856. The summed E-state index contributed by atoms with van der Waals surface area (Å²) in [6.07, 6.45) is 8.20. The van der Waals surface area contributed by atoms with Gasteiger partial charge >= 0.3 is 10.3 Å². The second-order valence-electron chi connectivity index (χ2n) is 9.30. The fourth-order valence-corrected chi connectivity index (χ4v) is 7.24. The number of hydrogen-bond donors (Lipinski definition) is 1. The van der Waals surface area contributed by atoms with Gasteiger partial charge in [0.15, 0.2) is 0 Å². The molecule has 156 valence electrons. The molecule has 4 rings (SSSR count). The highest BCUT2D eigenvalue weighted by molar-refractivity contribution is 7.84. The first kappa shape index (κ1) is 20.1. The van der Waals surface area contributed by atoms with Crippen molar-refractivity contribution in [3.05, 3.63) is 28.8 Å². The molecule has 0 aromatic heterocycles. The number of nitrogens with two attached hydrogens (primary N) is 1. The van der Waals surface area contributed by atoms with E-state index in [1.165, 1.54) is 30.4 Å². The molecule has 3 unspecified atom stereocenters. The maximum atomic E-state index is 13.1. The Kier molecular flexibility index (Phi) is 5.24. The summed E-state index contributed by atoms with van der Waals surface area (Å²) in [5, 5.41) is 5.11. The van der Waals surface area contributed by atoms with Gasteiger partial charge in [0, 0.05) is 0 Å². The molecule has 0 spiro atoms. The van der Waals surface area contributed by atoms with Crippen LogP contribution in [0.3, 0.4) is 0 Å². The van der Waals surface area contributed by atoms with Gasteiger partial charge in [-0.05, 0) is 103 Å². The Morgan fingerprint density at radius 3 is 2.71 bits per heavy atom. The number of fused-ring (bicyclic) bond motifs is 5. The second-order valence-corrected chi connectivity index (χ2v) is 10.5. The summed E-state index contributed by atoms with van der Waals surface area (Å²) in [7, 11) is -4.02. The van der Waals surface area contributed by atoms with Crippen molar-refractivity contribution < 1.29 is 17.0 Å². The SMILES string of the molecule is CCc1cc2c(cc1OS(N)(=O)=O)CCC1C2CC[C@@]2(C)C1CC[C@@H]2CCF. The zero-order valence-corrected chi connectivity index (χ0v) is 17.7. The van der Waals surface area contributed by atoms with E-state index >= 15 is 0 Å². The van der Waals surface area contributed by atoms with Crippen LogP contribution in [0.4, 0.5) is 4.39 Å². The number of hydrogen-bond acceptors (Lipinski definition) is 3. The molecular weight excluding hydrogens is 377 g/mol. The lowest BCUT2D eigenvalue weighted by Crippen LogP contribution is -2.42. The molecule has 0 radical (unpaired) electrons. The Morgan fingerprint density at radius 1 is 1.25 bits per heavy atom. The number of alkyl halides is 1. The van der Waals surface area contributed by atoms with Crippen molar-refractivity contribution in [1.82, 2.24) is 0 Å². The molecule has 28 heavy (non-hydrogen) atoms. The van der Waals surface area contributed by atoms with Crippen molar-refractivity contribution in [1.29, 1.82) is 0 Å². The third-order valence-electron chi connectivity index (χ3n) is 8.15. The van der Waals surface area contributed by atoms with Gasteiger partial charge in [-0.15, -0.1) is 0 Å². The number of halogens is 1. The smallest absolute Gasteiger partial charge is 0.371 e. The van der Waals surface area contributed by atoms with Crippen molar-refractivity contribution in [2.24, 2.45) is 28.3 Å². The van der Waals surface area contributed by atoms with E-state index in [0.29, 0.717) is 35.8 Å². The molecule has 0 amide bonds. The molecule has 0 aliphatic heterocycles. The van der Waals surface area contributed by atoms with E-state index in [4.69, 9.17) is 9.32 Å². The van der Waals surface area contributed by atoms with Crippen LogP contribution >= 0.6 is 0 Å². The minimum Gasteiger partial charge on any atom is -0.371 e. The molecule has 0 heterocycles. The Balaban J connectivity index is 1.66. The van der Waals surface area contributed by atoms with Crippen LogP contribution in [-0.4, -0.2) is 15.1 Å². The molecule has 0 saturated heterocycles. The topological polar surface area (TPSA) is 69.4 Å². The largest absolute Gasteiger partial charge is 0.380 e. The molecule has 1 aromatic carbocycles. The quantitative estimate of drug-likeness (QED) is 0.769. The number of aryl methyl sites for hydroxylation is 2. The van der Waals surface area contributed by atoms with Crippen LogP contribution in [0, 0.1) is 23.2 Å². The molecule has 4 nitrogen and oxygen atoms in total. The van der Waals surface area contributed by atoms with Crippen LogP contribution in [0.25, 0.3) is 0 Å². The van der Waals surface area contributed by atoms with Gasteiger partial charge in [-0.25, -0.2) is 0 Å². The predicted octanol–water partition coefficient (Wildman–Crippen LogP) is 4.66. The molecule has 2 N–H and O–H groups in total. The monoisotopic (exact) mass is 409 g/mol. The second kappa shape index (κ2) is 7.28. The molecule has 0 bridgehead atoms. The van der Waals surface area contributed by atoms with Gasteiger partial charge in [0.2, 0.25) is 0 Å². The van der Waals surface area contributed by atoms with E-state index < -0.39 is 10.3 Å². The minimum atomic E-state index is -4.02. The van der Waals surface area contributed by atoms with Crippen molar-refractivity contribution in [2.75, 3.05) is 6.67 Å². The van der Waals surface area contributed by atoms with E-state index in [0.717, 1.165) is 31.2 Å². The predicted molar refractivity (Wildman–Crippen MR) is 108 cm³/mol. The summed E-state index contributed by atoms with van der Waals surface area (Å²) in [5.41, 5.74) is 3.78. The van der Waals surface area contributed by atoms with E-state index in [9.17, 15) is 12.8 Å². The van der Waals surface area contributed by atoms with E-state index in [-0.39, 0.29) is 12.1 Å². The molecule has 5 atom stereocenters. The first-order valence-corrected chi connectivity index (χ1v) is 12.2. The standard InChI is InChI=1S/C22H32FNO3S/c1-3-14-12-19-15(13-21(14)27-28(24,25)26)4-6-18-17(19)8-10-22(2)16(9-11-23)5-7-20(18)22/h12-13,16-18,20H,3-11H2,1-2H3,(H2,24,25,26)/t16-,17?,18?,20?,22-/m1/s1. The van der Waals surface area contributed by atoms with Crippen LogP contribution in [0.2, 0.25) is 0 Å². The van der Waals surface area contributed by atoms with E-state index in [1.807, 2.05) is 13.0 Å². The minimum absolute atomic E-state index is 0.198. The van der Waals surface area contributed by atoms with Gasteiger partial charge in [0.1, 0.15) is 5.75 Å². The van der Waals surface area contributed by atoms with Gasteiger partial charge in [-0.3, -0.25) is 4.39 Å². The highest BCUT2D eigenvalue weighted by atomic mass is 32.2. The van der Waals surface area contributed by atoms with Gasteiger partial charge in [0.25, 0.3) is 0 Å². The highest BCUT2D eigenvalue weighted by Gasteiger charge is 2.54. The first-order valence-electron chi connectivity index (χ1n) is 10.7. The van der Waals surface area contributed by atoms with Crippen LogP contribution in [0.15, 0.2) is 12.1 Å². The van der Waals surface area contributed by atoms with Crippen LogP contribution in [0.5, 0.6) is 5.75 Å². The van der Waals surface area contributed by atoms with Crippen LogP contribution < -0.4 is 9.32 Å². The molecule has 6 heteroatoms. The first-order chi connectivity index (χ1) is 13.3. The maximum Gasteiger partial charge on any atom is 0.380 e. The molecule has 3 aliphatic rings. The average Bonchev–Trinajstić information content (AvgIpc) is 2.96. The maximum absolute atomic E-state index is 13.1. The van der Waals surface area contributed by atoms with E-state index in [1.54, 1.807) is 0 Å². The normalized spacial score (nSPS) is 34.4. The average molecular weight is 410 g/mol. The molecular formula is C22H32FNO3S. The Hall–Kier alpha value is -1.14. The summed E-state index contributed by atoms with van der Waals surface area (Å²) in [4.78, 5) is 0. The summed E-state index contributed by atoms with van der Waals surface area (Å²) >= 11 is 0. The lowest BCUT2D eigenvalue weighted by molar-refractivity contribution is 0.0240. The Labute approximate surface area is 168 Å². The van der Waals surface area contributed by atoms with Crippen molar-refractivity contribution in [2.45, 2.75) is 71.1 Å². The lowest BCUT2D eigenvalue weighted by atomic mass is 9.54. The zero-order chi connectivity index (χ0) is 20.1. The fraction of sp³-hybridized carbons (Fsp3) is 0.727. The third-order valence-corrected chi connectivity index (χ3v) is 8.56. The summed E-state index contributed by atoms with van der Waals surface area (Å²) in [5.74, 6) is 2.78. The van der Waals surface area contributed by atoms with Crippen molar-refractivity contribution >= 4 is 10.3 Å². The van der Waals surface area contributed by atoms with Crippen molar-refractivity contribution in [3.63, 3.8) is 0 Å². The van der Waals surface area contributed by atoms with Gasteiger partial charge in [-0.1, -0.05) is 19.9 Å². The highest BCUT2D eigenvalue weighted by Crippen LogP contribution is 2.63. The van der Waals surface area contributed by atoms with Gasteiger partial charge in [0.05, 0.1) is 6.67 Å². The zero-order valence-electron chi connectivity index (χ0n) is 16.9.